The van der Waals surface area contributed by atoms with E-state index in [1.54, 1.807) is 0 Å². The normalized spacial score (nSPS) is 32.4. The van der Waals surface area contributed by atoms with Crippen LogP contribution in [0.2, 0.25) is 0 Å². The SMILES string of the molecule is CC1CCC(N)(Cc2nccn2C)C1. The van der Waals surface area contributed by atoms with Crippen LogP contribution in [0.1, 0.15) is 32.0 Å². The molecule has 1 aromatic heterocycles. The molecule has 0 aliphatic heterocycles. The Bertz CT molecular complexity index is 318. The average Bonchev–Trinajstić information content (AvgIpc) is 2.62. The highest BCUT2D eigenvalue weighted by molar-refractivity contribution is 5.03. The maximum atomic E-state index is 6.36. The third-order valence-corrected chi connectivity index (χ3v) is 3.32. The molecule has 0 saturated heterocycles. The van der Waals surface area contributed by atoms with Gasteiger partial charge in [-0.05, 0) is 25.2 Å². The Morgan fingerprint density at radius 3 is 3.00 bits per heavy atom. The van der Waals surface area contributed by atoms with Gasteiger partial charge in [0, 0.05) is 31.4 Å². The summed E-state index contributed by atoms with van der Waals surface area (Å²) in [6.45, 7) is 2.28. The van der Waals surface area contributed by atoms with Crippen molar-refractivity contribution in [3.05, 3.63) is 18.2 Å². The van der Waals surface area contributed by atoms with Crippen LogP contribution in [0.25, 0.3) is 0 Å². The van der Waals surface area contributed by atoms with Gasteiger partial charge in [0.05, 0.1) is 0 Å². The third kappa shape index (κ3) is 1.82. The Labute approximate surface area is 85.3 Å². The number of aryl methyl sites for hydroxylation is 1. The maximum absolute atomic E-state index is 6.36. The van der Waals surface area contributed by atoms with Crippen molar-refractivity contribution in [3.63, 3.8) is 0 Å². The van der Waals surface area contributed by atoms with E-state index < -0.39 is 0 Å². The lowest BCUT2D eigenvalue weighted by Gasteiger charge is -2.23. The van der Waals surface area contributed by atoms with E-state index in [0.717, 1.165) is 31.0 Å². The van der Waals surface area contributed by atoms with Gasteiger partial charge in [0.15, 0.2) is 0 Å². The van der Waals surface area contributed by atoms with E-state index in [2.05, 4.69) is 16.5 Å². The molecule has 2 unspecified atom stereocenters. The largest absolute Gasteiger partial charge is 0.338 e. The summed E-state index contributed by atoms with van der Waals surface area (Å²) < 4.78 is 2.07. The first kappa shape index (κ1) is 9.71. The van der Waals surface area contributed by atoms with Crippen molar-refractivity contribution in [1.82, 2.24) is 9.55 Å². The van der Waals surface area contributed by atoms with Crippen LogP contribution in [0.5, 0.6) is 0 Å². The van der Waals surface area contributed by atoms with E-state index in [0.29, 0.717) is 0 Å². The highest BCUT2D eigenvalue weighted by Crippen LogP contribution is 2.34. The lowest BCUT2D eigenvalue weighted by Crippen LogP contribution is -2.40. The predicted molar refractivity (Wildman–Crippen MR) is 56.8 cm³/mol. The first-order chi connectivity index (χ1) is 6.59. The Balaban J connectivity index is 2.07. The molecule has 1 aromatic rings. The Hall–Kier alpha value is -0.830. The number of aromatic nitrogens is 2. The van der Waals surface area contributed by atoms with Gasteiger partial charge in [-0.25, -0.2) is 4.98 Å². The third-order valence-electron chi connectivity index (χ3n) is 3.32. The van der Waals surface area contributed by atoms with Crippen LogP contribution < -0.4 is 5.73 Å². The molecule has 14 heavy (non-hydrogen) atoms. The van der Waals surface area contributed by atoms with Crippen molar-refractivity contribution >= 4 is 0 Å². The highest BCUT2D eigenvalue weighted by atomic mass is 15.0. The summed E-state index contributed by atoms with van der Waals surface area (Å²) in [6.07, 6.45) is 8.29. The molecule has 1 saturated carbocycles. The van der Waals surface area contributed by atoms with Crippen LogP contribution in [-0.4, -0.2) is 15.1 Å². The molecule has 3 heteroatoms. The van der Waals surface area contributed by atoms with E-state index in [1.807, 2.05) is 19.4 Å². The number of hydrogen-bond donors (Lipinski definition) is 1. The van der Waals surface area contributed by atoms with Gasteiger partial charge in [0.1, 0.15) is 5.82 Å². The lowest BCUT2D eigenvalue weighted by molar-refractivity contribution is 0.406. The fourth-order valence-corrected chi connectivity index (χ4v) is 2.47. The molecule has 1 fully saturated rings. The smallest absolute Gasteiger partial charge is 0.110 e. The minimum absolute atomic E-state index is 0.00146. The van der Waals surface area contributed by atoms with Crippen molar-refractivity contribution in [1.29, 1.82) is 0 Å². The van der Waals surface area contributed by atoms with E-state index in [4.69, 9.17) is 5.73 Å². The zero-order valence-corrected chi connectivity index (χ0v) is 9.03. The predicted octanol–water partition coefficient (Wildman–Crippen LogP) is 1.48. The fourth-order valence-electron chi connectivity index (χ4n) is 2.47. The quantitative estimate of drug-likeness (QED) is 0.773. The molecule has 0 radical (unpaired) electrons. The van der Waals surface area contributed by atoms with Crippen LogP contribution in [0.3, 0.4) is 0 Å². The number of imidazole rings is 1. The summed E-state index contributed by atoms with van der Waals surface area (Å²) in [5.41, 5.74) is 6.35. The number of nitrogens with zero attached hydrogens (tertiary/aromatic N) is 2. The zero-order chi connectivity index (χ0) is 10.2. The second-order valence-corrected chi connectivity index (χ2v) is 4.84. The maximum Gasteiger partial charge on any atom is 0.110 e. The summed E-state index contributed by atoms with van der Waals surface area (Å²) in [4.78, 5) is 4.33. The van der Waals surface area contributed by atoms with Gasteiger partial charge in [0.25, 0.3) is 0 Å². The van der Waals surface area contributed by atoms with Crippen LogP contribution in [0.4, 0.5) is 0 Å². The molecule has 2 rings (SSSR count). The molecule has 2 N–H and O–H groups in total. The summed E-state index contributed by atoms with van der Waals surface area (Å²) in [5.74, 6) is 1.89. The minimum atomic E-state index is -0.00146. The molecule has 0 bridgehead atoms. The van der Waals surface area contributed by atoms with Gasteiger partial charge in [-0.1, -0.05) is 6.92 Å². The zero-order valence-electron chi connectivity index (χ0n) is 9.03. The van der Waals surface area contributed by atoms with E-state index in [9.17, 15) is 0 Å². The number of rotatable bonds is 2. The van der Waals surface area contributed by atoms with Crippen molar-refractivity contribution in [2.24, 2.45) is 18.7 Å². The summed E-state index contributed by atoms with van der Waals surface area (Å²) in [6, 6.07) is 0. The standard InChI is InChI=1S/C11H19N3/c1-9-3-4-11(12,7-9)8-10-13-5-6-14(10)2/h5-6,9H,3-4,7-8,12H2,1-2H3. The van der Waals surface area contributed by atoms with Crippen molar-refractivity contribution < 1.29 is 0 Å². The Morgan fingerprint density at radius 1 is 1.71 bits per heavy atom. The molecule has 0 amide bonds. The van der Waals surface area contributed by atoms with Gasteiger partial charge >= 0.3 is 0 Å². The Kier molecular flexibility index (Phi) is 2.35. The van der Waals surface area contributed by atoms with Gasteiger partial charge in [-0.3, -0.25) is 0 Å². The molecule has 1 aliphatic rings. The fraction of sp³-hybridized carbons (Fsp3) is 0.727. The van der Waals surface area contributed by atoms with Crippen LogP contribution in [-0.2, 0) is 13.5 Å². The van der Waals surface area contributed by atoms with Gasteiger partial charge in [-0.15, -0.1) is 0 Å². The van der Waals surface area contributed by atoms with Crippen molar-refractivity contribution in [2.45, 2.75) is 38.1 Å². The first-order valence-electron chi connectivity index (χ1n) is 5.34. The summed E-state index contributed by atoms with van der Waals surface area (Å²) in [5, 5.41) is 0. The average molecular weight is 193 g/mol. The minimum Gasteiger partial charge on any atom is -0.338 e. The monoisotopic (exact) mass is 193 g/mol. The van der Waals surface area contributed by atoms with Crippen LogP contribution in [0, 0.1) is 5.92 Å². The van der Waals surface area contributed by atoms with E-state index in [1.165, 1.54) is 6.42 Å². The molecule has 1 heterocycles. The first-order valence-corrected chi connectivity index (χ1v) is 5.34. The van der Waals surface area contributed by atoms with Gasteiger partial charge < -0.3 is 10.3 Å². The van der Waals surface area contributed by atoms with E-state index >= 15 is 0 Å². The second-order valence-electron chi connectivity index (χ2n) is 4.84. The summed E-state index contributed by atoms with van der Waals surface area (Å²) >= 11 is 0. The van der Waals surface area contributed by atoms with Gasteiger partial charge in [-0.2, -0.15) is 0 Å². The van der Waals surface area contributed by atoms with E-state index in [-0.39, 0.29) is 5.54 Å². The van der Waals surface area contributed by atoms with Gasteiger partial charge in [0.2, 0.25) is 0 Å². The van der Waals surface area contributed by atoms with Crippen molar-refractivity contribution in [3.8, 4) is 0 Å². The molecule has 1 aliphatic carbocycles. The highest BCUT2D eigenvalue weighted by Gasteiger charge is 2.34. The number of nitrogens with two attached hydrogens (primary N) is 1. The summed E-state index contributed by atoms with van der Waals surface area (Å²) in [7, 11) is 2.03. The second kappa shape index (κ2) is 3.39. The van der Waals surface area contributed by atoms with Crippen LogP contribution in [0.15, 0.2) is 12.4 Å². The Morgan fingerprint density at radius 2 is 2.50 bits per heavy atom. The number of hydrogen-bond acceptors (Lipinski definition) is 2. The molecule has 2 atom stereocenters. The topological polar surface area (TPSA) is 43.8 Å². The molecule has 78 valence electrons. The molecular formula is C11H19N3. The lowest BCUT2D eigenvalue weighted by atomic mass is 9.93. The molecule has 3 nitrogen and oxygen atoms in total. The molecule has 0 spiro atoms. The van der Waals surface area contributed by atoms with Crippen LogP contribution >= 0.6 is 0 Å². The molecular weight excluding hydrogens is 174 g/mol. The molecule has 0 aromatic carbocycles. The van der Waals surface area contributed by atoms with Crippen molar-refractivity contribution in [2.75, 3.05) is 0 Å².